The van der Waals surface area contributed by atoms with E-state index in [2.05, 4.69) is 24.5 Å². The van der Waals surface area contributed by atoms with Crippen LogP contribution in [0.25, 0.3) is 5.82 Å². The standard InChI is InChI=1S/C20H21N7O3S/c1-20(2,12-30-15-6-3-5-14-17(15)18(21)26-31(29)25-14)24-19(28)13-7-9-22-16(11-13)27-10-4-8-23-27/h3-11,25H,12H2,1-2H3,(H2,21,26)(H,24,28). The van der Waals surface area contributed by atoms with Gasteiger partial charge in [-0.25, -0.2) is 13.9 Å². The zero-order valence-electron chi connectivity index (χ0n) is 16.9. The van der Waals surface area contributed by atoms with Crippen LogP contribution < -0.4 is 20.5 Å². The second-order valence-electron chi connectivity index (χ2n) is 7.49. The molecule has 10 nitrogen and oxygen atoms in total. The van der Waals surface area contributed by atoms with Crippen LogP contribution in [0.3, 0.4) is 0 Å². The molecule has 0 radical (unpaired) electrons. The van der Waals surface area contributed by atoms with Crippen LogP contribution in [-0.2, 0) is 11.2 Å². The van der Waals surface area contributed by atoms with E-state index in [1.54, 1.807) is 59.7 Å². The predicted octanol–water partition coefficient (Wildman–Crippen LogP) is 1.56. The predicted molar refractivity (Wildman–Crippen MR) is 117 cm³/mol. The van der Waals surface area contributed by atoms with E-state index < -0.39 is 16.7 Å². The van der Waals surface area contributed by atoms with Crippen molar-refractivity contribution in [1.29, 1.82) is 0 Å². The smallest absolute Gasteiger partial charge is 0.252 e. The molecule has 3 heterocycles. The number of rotatable bonds is 6. The number of carbonyl (C=O) groups is 1. The van der Waals surface area contributed by atoms with Crippen molar-refractivity contribution >= 4 is 28.6 Å². The minimum absolute atomic E-state index is 0.132. The van der Waals surface area contributed by atoms with Gasteiger partial charge in [0.1, 0.15) is 18.2 Å². The number of anilines is 1. The Bertz CT molecular complexity index is 1180. The number of amidine groups is 1. The monoisotopic (exact) mass is 439 g/mol. The molecule has 1 amide bonds. The van der Waals surface area contributed by atoms with Gasteiger partial charge in [-0.15, -0.1) is 0 Å². The SMILES string of the molecule is CC(C)(COc1cccc2c1C(N)=NS(=O)N2)NC(=O)c1ccnc(-n2cccn2)c1. The third-order valence-electron chi connectivity index (χ3n) is 4.45. The second kappa shape index (κ2) is 8.19. The Balaban J connectivity index is 1.46. The minimum atomic E-state index is -1.61. The van der Waals surface area contributed by atoms with Gasteiger partial charge in [0.05, 0.1) is 16.8 Å². The summed E-state index contributed by atoms with van der Waals surface area (Å²) in [5.74, 6) is 0.891. The van der Waals surface area contributed by atoms with E-state index in [1.165, 1.54) is 0 Å². The highest BCUT2D eigenvalue weighted by Crippen LogP contribution is 2.30. The van der Waals surface area contributed by atoms with Gasteiger partial charge in [-0.3, -0.25) is 9.52 Å². The summed E-state index contributed by atoms with van der Waals surface area (Å²) in [6.45, 7) is 3.87. The number of ether oxygens (including phenoxy) is 1. The molecular formula is C20H21N7O3S. The summed E-state index contributed by atoms with van der Waals surface area (Å²) in [7, 11) is 0. The lowest BCUT2D eigenvalue weighted by molar-refractivity contribution is 0.0880. The number of hydrogen-bond donors (Lipinski definition) is 3. The van der Waals surface area contributed by atoms with E-state index in [0.717, 1.165) is 0 Å². The summed E-state index contributed by atoms with van der Waals surface area (Å²) in [5, 5.41) is 7.10. The lowest BCUT2D eigenvalue weighted by atomic mass is 10.1. The average molecular weight is 440 g/mol. The van der Waals surface area contributed by atoms with Gasteiger partial charge in [-0.05, 0) is 44.2 Å². The van der Waals surface area contributed by atoms with Crippen LogP contribution in [0, 0.1) is 0 Å². The molecule has 1 aromatic carbocycles. The average Bonchev–Trinajstić information content (AvgIpc) is 3.26. The summed E-state index contributed by atoms with van der Waals surface area (Å²) < 4.78 is 25.8. The molecule has 2 aromatic heterocycles. The van der Waals surface area contributed by atoms with Crippen molar-refractivity contribution in [3.05, 3.63) is 66.1 Å². The maximum Gasteiger partial charge on any atom is 0.252 e. The summed E-state index contributed by atoms with van der Waals surface area (Å²) >= 11 is -1.61. The van der Waals surface area contributed by atoms with Crippen molar-refractivity contribution in [2.24, 2.45) is 10.1 Å². The van der Waals surface area contributed by atoms with Crippen LogP contribution in [0.5, 0.6) is 5.75 Å². The van der Waals surface area contributed by atoms with Crippen LogP contribution in [0.1, 0.15) is 29.8 Å². The number of benzene rings is 1. The molecule has 0 aliphatic carbocycles. The van der Waals surface area contributed by atoms with E-state index in [1.807, 2.05) is 13.8 Å². The first-order chi connectivity index (χ1) is 14.8. The van der Waals surface area contributed by atoms with E-state index in [4.69, 9.17) is 10.5 Å². The number of nitrogens with one attached hydrogen (secondary N) is 2. The van der Waals surface area contributed by atoms with E-state index in [-0.39, 0.29) is 18.3 Å². The molecule has 1 aliphatic rings. The fraction of sp³-hybridized carbons (Fsp3) is 0.200. The minimum Gasteiger partial charge on any atom is -0.490 e. The van der Waals surface area contributed by atoms with Crippen molar-refractivity contribution in [1.82, 2.24) is 20.1 Å². The topological polar surface area (TPSA) is 137 Å². The quantitative estimate of drug-likeness (QED) is 0.533. The largest absolute Gasteiger partial charge is 0.490 e. The van der Waals surface area contributed by atoms with Crippen molar-refractivity contribution in [2.45, 2.75) is 19.4 Å². The van der Waals surface area contributed by atoms with Gasteiger partial charge >= 0.3 is 0 Å². The van der Waals surface area contributed by atoms with Crippen LogP contribution in [0.15, 0.2) is 59.4 Å². The number of aromatic nitrogens is 3. The number of carbonyl (C=O) groups excluding carboxylic acids is 1. The van der Waals surface area contributed by atoms with Crippen molar-refractivity contribution in [3.8, 4) is 11.6 Å². The molecule has 4 rings (SSSR count). The highest BCUT2D eigenvalue weighted by atomic mass is 32.2. The molecule has 0 spiro atoms. The summed E-state index contributed by atoms with van der Waals surface area (Å²) in [6, 6.07) is 10.3. The normalized spacial score (nSPS) is 15.4. The first-order valence-corrected chi connectivity index (χ1v) is 10.5. The first kappa shape index (κ1) is 20.5. The zero-order chi connectivity index (χ0) is 22.0. The number of nitrogens with zero attached hydrogens (tertiary/aromatic N) is 4. The van der Waals surface area contributed by atoms with Crippen molar-refractivity contribution in [2.75, 3.05) is 11.3 Å². The van der Waals surface area contributed by atoms with Gasteiger partial charge in [0.15, 0.2) is 5.82 Å². The first-order valence-electron chi connectivity index (χ1n) is 9.40. The van der Waals surface area contributed by atoms with Gasteiger partial charge in [-0.2, -0.15) is 9.50 Å². The highest BCUT2D eigenvalue weighted by Gasteiger charge is 2.25. The summed E-state index contributed by atoms with van der Waals surface area (Å²) in [4.78, 5) is 17.0. The molecule has 11 heteroatoms. The number of fused-ring (bicyclic) bond motifs is 1. The van der Waals surface area contributed by atoms with Crippen LogP contribution in [0.4, 0.5) is 5.69 Å². The summed E-state index contributed by atoms with van der Waals surface area (Å²) in [6.07, 6.45) is 4.95. The molecule has 31 heavy (non-hydrogen) atoms. The molecule has 160 valence electrons. The van der Waals surface area contributed by atoms with E-state index in [9.17, 15) is 9.00 Å². The lowest BCUT2D eigenvalue weighted by Crippen LogP contribution is -2.48. The number of pyridine rings is 1. The van der Waals surface area contributed by atoms with E-state index >= 15 is 0 Å². The Morgan fingerprint density at radius 2 is 2.13 bits per heavy atom. The molecule has 0 fully saturated rings. The van der Waals surface area contributed by atoms with Gasteiger partial charge < -0.3 is 15.8 Å². The van der Waals surface area contributed by atoms with E-state index in [0.29, 0.717) is 28.4 Å². The zero-order valence-corrected chi connectivity index (χ0v) is 17.7. The molecule has 4 N–H and O–H groups in total. The third kappa shape index (κ3) is 4.56. The Hall–Kier alpha value is -3.73. The van der Waals surface area contributed by atoms with Gasteiger partial charge in [0.2, 0.25) is 11.2 Å². The number of nitrogens with two attached hydrogens (primary N) is 1. The Morgan fingerprint density at radius 3 is 2.90 bits per heavy atom. The molecule has 1 unspecified atom stereocenters. The fourth-order valence-corrected chi connectivity index (χ4v) is 3.69. The Kier molecular flexibility index (Phi) is 5.42. The van der Waals surface area contributed by atoms with Crippen LogP contribution >= 0.6 is 0 Å². The van der Waals surface area contributed by atoms with Gasteiger partial charge in [0, 0.05) is 24.2 Å². The molecule has 0 saturated heterocycles. The summed E-state index contributed by atoms with van der Waals surface area (Å²) in [5.41, 5.74) is 6.81. The maximum atomic E-state index is 12.8. The number of hydrogen-bond acceptors (Lipinski definition) is 6. The Morgan fingerprint density at radius 1 is 1.29 bits per heavy atom. The molecule has 3 aromatic rings. The fourth-order valence-electron chi connectivity index (χ4n) is 3.02. The molecule has 1 atom stereocenters. The van der Waals surface area contributed by atoms with Crippen molar-refractivity contribution in [3.63, 3.8) is 0 Å². The maximum absolute atomic E-state index is 12.8. The van der Waals surface area contributed by atoms with Crippen LogP contribution in [-0.4, -0.2) is 42.9 Å². The second-order valence-corrected chi connectivity index (χ2v) is 8.37. The van der Waals surface area contributed by atoms with Gasteiger partial charge in [0.25, 0.3) is 5.91 Å². The highest BCUT2D eigenvalue weighted by molar-refractivity contribution is 7.85. The molecule has 1 aliphatic heterocycles. The molecule has 0 saturated carbocycles. The molecular weight excluding hydrogens is 418 g/mol. The number of amides is 1. The lowest BCUT2D eigenvalue weighted by Gasteiger charge is -2.27. The molecule has 0 bridgehead atoms. The van der Waals surface area contributed by atoms with Crippen LogP contribution in [0.2, 0.25) is 0 Å². The Labute approximate surface area is 181 Å². The van der Waals surface area contributed by atoms with Gasteiger partial charge in [-0.1, -0.05) is 6.07 Å². The third-order valence-corrected chi connectivity index (χ3v) is 5.21. The van der Waals surface area contributed by atoms with Crippen molar-refractivity contribution < 1.29 is 13.7 Å².